The number of nitrogens with one attached hydrogen (secondary N) is 1. The molecule has 1 aromatic carbocycles. The summed E-state index contributed by atoms with van der Waals surface area (Å²) in [4.78, 5) is 19.8. The van der Waals surface area contributed by atoms with Crippen LogP contribution in [0.15, 0.2) is 42.6 Å². The molecule has 168 valence electrons. The first-order valence-corrected chi connectivity index (χ1v) is 11.0. The second-order valence-corrected chi connectivity index (χ2v) is 9.23. The number of methoxy groups -OCH3 is 2. The number of hydrogen-bond donors (Lipinski definition) is 1. The summed E-state index contributed by atoms with van der Waals surface area (Å²) in [7, 11) is 3.38. The fourth-order valence-corrected chi connectivity index (χ4v) is 4.17. The van der Waals surface area contributed by atoms with E-state index in [2.05, 4.69) is 15.2 Å². The molecule has 0 radical (unpaired) electrons. The van der Waals surface area contributed by atoms with Crippen molar-refractivity contribution in [2.45, 2.75) is 46.2 Å². The molecular weight excluding hydrogens is 390 g/mol. The molecule has 0 unspecified atom stereocenters. The number of hydrogen-bond acceptors (Lipinski definition) is 5. The standard InChI is InChI=1S/C25H35N3O3/c1-25(2,3)24(29)27-23(20-11-6-7-14-26-20)18-10-9-15-28(16-18)17-19-21(30-4)12-8-13-22(19)31-5/h6-8,11-14,18,23H,9-10,15-17H2,1-5H3,(H,27,29)/t18-,23+/m0/s1. The highest BCUT2D eigenvalue weighted by Crippen LogP contribution is 2.34. The van der Waals surface area contributed by atoms with Crippen molar-refractivity contribution in [2.75, 3.05) is 27.3 Å². The zero-order valence-electron chi connectivity index (χ0n) is 19.4. The van der Waals surface area contributed by atoms with Crippen molar-refractivity contribution >= 4 is 5.91 Å². The predicted molar refractivity (Wildman–Crippen MR) is 122 cm³/mol. The first-order chi connectivity index (χ1) is 14.8. The monoisotopic (exact) mass is 425 g/mol. The fourth-order valence-electron chi connectivity index (χ4n) is 4.17. The van der Waals surface area contributed by atoms with Gasteiger partial charge in [-0.1, -0.05) is 32.9 Å². The zero-order valence-corrected chi connectivity index (χ0v) is 19.4. The van der Waals surface area contributed by atoms with Crippen LogP contribution in [0.1, 0.15) is 50.9 Å². The lowest BCUT2D eigenvalue weighted by atomic mass is 9.86. The minimum Gasteiger partial charge on any atom is -0.496 e. The minimum atomic E-state index is -0.452. The third-order valence-electron chi connectivity index (χ3n) is 5.90. The van der Waals surface area contributed by atoms with Gasteiger partial charge in [0.1, 0.15) is 11.5 Å². The van der Waals surface area contributed by atoms with Crippen LogP contribution in [-0.4, -0.2) is 43.1 Å². The van der Waals surface area contributed by atoms with Crippen molar-refractivity contribution in [3.8, 4) is 11.5 Å². The van der Waals surface area contributed by atoms with Crippen molar-refractivity contribution in [3.05, 3.63) is 53.9 Å². The maximum absolute atomic E-state index is 12.8. The van der Waals surface area contributed by atoms with Gasteiger partial charge in [0.2, 0.25) is 5.91 Å². The van der Waals surface area contributed by atoms with E-state index in [4.69, 9.17) is 9.47 Å². The molecule has 1 aliphatic heterocycles. The Morgan fingerprint density at radius 3 is 2.45 bits per heavy atom. The molecule has 2 heterocycles. The molecule has 0 aliphatic carbocycles. The van der Waals surface area contributed by atoms with Gasteiger partial charge in [-0.25, -0.2) is 0 Å². The van der Waals surface area contributed by atoms with Crippen LogP contribution in [0.3, 0.4) is 0 Å². The van der Waals surface area contributed by atoms with E-state index in [1.807, 2.05) is 57.2 Å². The van der Waals surface area contributed by atoms with Gasteiger partial charge in [0.05, 0.1) is 31.5 Å². The first kappa shape index (κ1) is 23.1. The summed E-state index contributed by atoms with van der Waals surface area (Å²) in [5.41, 5.74) is 1.52. The molecular formula is C25H35N3O3. The first-order valence-electron chi connectivity index (χ1n) is 11.0. The third-order valence-corrected chi connectivity index (χ3v) is 5.90. The summed E-state index contributed by atoms with van der Waals surface area (Å²) in [5, 5.41) is 3.30. The summed E-state index contributed by atoms with van der Waals surface area (Å²) < 4.78 is 11.2. The lowest BCUT2D eigenvalue weighted by Crippen LogP contribution is -2.45. The molecule has 0 bridgehead atoms. The van der Waals surface area contributed by atoms with Crippen LogP contribution in [0, 0.1) is 11.3 Å². The molecule has 31 heavy (non-hydrogen) atoms. The van der Waals surface area contributed by atoms with E-state index in [9.17, 15) is 4.79 Å². The molecule has 6 heteroatoms. The van der Waals surface area contributed by atoms with Gasteiger partial charge in [0, 0.05) is 24.7 Å². The molecule has 6 nitrogen and oxygen atoms in total. The highest BCUT2D eigenvalue weighted by molar-refractivity contribution is 5.81. The fraction of sp³-hybridized carbons (Fsp3) is 0.520. The van der Waals surface area contributed by atoms with Crippen molar-refractivity contribution in [1.29, 1.82) is 0 Å². The maximum Gasteiger partial charge on any atom is 0.225 e. The Morgan fingerprint density at radius 2 is 1.87 bits per heavy atom. The molecule has 2 aromatic rings. The molecule has 1 aliphatic rings. The Bertz CT molecular complexity index is 842. The van der Waals surface area contributed by atoms with E-state index < -0.39 is 5.41 Å². The van der Waals surface area contributed by atoms with Crippen LogP contribution in [0.2, 0.25) is 0 Å². The van der Waals surface area contributed by atoms with E-state index in [1.165, 1.54) is 0 Å². The van der Waals surface area contributed by atoms with Crippen LogP contribution < -0.4 is 14.8 Å². The highest BCUT2D eigenvalue weighted by Gasteiger charge is 2.33. The van der Waals surface area contributed by atoms with Gasteiger partial charge in [-0.15, -0.1) is 0 Å². The summed E-state index contributed by atoms with van der Waals surface area (Å²) in [6.07, 6.45) is 3.91. The van der Waals surface area contributed by atoms with Gasteiger partial charge in [-0.3, -0.25) is 14.7 Å². The number of nitrogens with zero attached hydrogens (tertiary/aromatic N) is 2. The number of benzene rings is 1. The third kappa shape index (κ3) is 5.76. The number of carbonyl (C=O) groups excluding carboxylic acids is 1. The average molecular weight is 426 g/mol. The van der Waals surface area contributed by atoms with Crippen molar-refractivity contribution in [1.82, 2.24) is 15.2 Å². The molecule has 1 amide bonds. The molecule has 1 aromatic heterocycles. The average Bonchev–Trinajstić information content (AvgIpc) is 2.77. The second-order valence-electron chi connectivity index (χ2n) is 9.23. The van der Waals surface area contributed by atoms with Crippen LogP contribution in [-0.2, 0) is 11.3 Å². The van der Waals surface area contributed by atoms with Crippen LogP contribution in [0.25, 0.3) is 0 Å². The van der Waals surface area contributed by atoms with E-state index in [0.29, 0.717) is 0 Å². The van der Waals surface area contributed by atoms with Gasteiger partial charge in [-0.05, 0) is 49.6 Å². The van der Waals surface area contributed by atoms with Crippen molar-refractivity contribution in [3.63, 3.8) is 0 Å². The summed E-state index contributed by atoms with van der Waals surface area (Å²) in [6, 6.07) is 11.7. The van der Waals surface area contributed by atoms with E-state index in [0.717, 1.165) is 55.2 Å². The Balaban J connectivity index is 1.82. The maximum atomic E-state index is 12.8. The SMILES string of the molecule is COc1cccc(OC)c1CN1CCC[C@H]([C@@H](NC(=O)C(C)(C)C)c2ccccn2)C1. The molecule has 3 rings (SSSR count). The predicted octanol–water partition coefficient (Wildman–Crippen LogP) is 4.21. The van der Waals surface area contributed by atoms with Gasteiger partial charge >= 0.3 is 0 Å². The van der Waals surface area contributed by atoms with Crippen molar-refractivity contribution < 1.29 is 14.3 Å². The number of amides is 1. The quantitative estimate of drug-likeness (QED) is 0.720. The van der Waals surface area contributed by atoms with E-state index in [-0.39, 0.29) is 17.9 Å². The van der Waals surface area contributed by atoms with Crippen molar-refractivity contribution in [2.24, 2.45) is 11.3 Å². The number of likely N-dealkylation sites (tertiary alicyclic amines) is 1. The molecule has 0 spiro atoms. The molecule has 1 N–H and O–H groups in total. The number of ether oxygens (including phenoxy) is 2. The Labute approximate surface area is 186 Å². The second kappa shape index (κ2) is 10.1. The molecule has 2 atom stereocenters. The molecule has 1 saturated heterocycles. The number of rotatable bonds is 7. The number of pyridine rings is 1. The largest absolute Gasteiger partial charge is 0.496 e. The van der Waals surface area contributed by atoms with Crippen LogP contribution in [0.5, 0.6) is 11.5 Å². The minimum absolute atomic E-state index is 0.0478. The number of aromatic nitrogens is 1. The lowest BCUT2D eigenvalue weighted by molar-refractivity contribution is -0.130. The Kier molecular flexibility index (Phi) is 7.55. The van der Waals surface area contributed by atoms with Gasteiger partial charge in [0.25, 0.3) is 0 Å². The number of piperidine rings is 1. The molecule has 1 fully saturated rings. The Morgan fingerprint density at radius 1 is 1.16 bits per heavy atom. The van der Waals surface area contributed by atoms with Crippen LogP contribution in [0.4, 0.5) is 0 Å². The van der Waals surface area contributed by atoms with E-state index >= 15 is 0 Å². The Hall–Kier alpha value is -2.60. The number of carbonyl (C=O) groups is 1. The zero-order chi connectivity index (χ0) is 22.4. The summed E-state index contributed by atoms with van der Waals surface area (Å²) in [6.45, 7) is 8.44. The van der Waals surface area contributed by atoms with E-state index in [1.54, 1.807) is 20.4 Å². The summed E-state index contributed by atoms with van der Waals surface area (Å²) >= 11 is 0. The van der Waals surface area contributed by atoms with Gasteiger partial charge in [0.15, 0.2) is 0 Å². The topological polar surface area (TPSA) is 63.7 Å². The van der Waals surface area contributed by atoms with Gasteiger partial charge < -0.3 is 14.8 Å². The lowest BCUT2D eigenvalue weighted by Gasteiger charge is -2.38. The molecule has 0 saturated carbocycles. The van der Waals surface area contributed by atoms with Crippen LogP contribution >= 0.6 is 0 Å². The normalized spacial score (nSPS) is 18.3. The smallest absolute Gasteiger partial charge is 0.225 e. The van der Waals surface area contributed by atoms with Gasteiger partial charge in [-0.2, -0.15) is 0 Å². The highest BCUT2D eigenvalue weighted by atomic mass is 16.5. The summed E-state index contributed by atoms with van der Waals surface area (Å²) in [5.74, 6) is 2.00.